The van der Waals surface area contributed by atoms with E-state index in [2.05, 4.69) is 4.74 Å². The van der Waals surface area contributed by atoms with Crippen LogP contribution < -0.4 is 0 Å². The van der Waals surface area contributed by atoms with Gasteiger partial charge in [-0.2, -0.15) is 17.6 Å². The highest BCUT2D eigenvalue weighted by atomic mass is 19.3. The molecule has 1 nitrogen and oxygen atoms in total. The quantitative estimate of drug-likeness (QED) is 0.476. The van der Waals surface area contributed by atoms with Crippen molar-refractivity contribution in [2.24, 2.45) is 0 Å². The van der Waals surface area contributed by atoms with Crippen LogP contribution in [0.1, 0.15) is 0 Å². The molecule has 0 saturated carbocycles. The van der Waals surface area contributed by atoms with Gasteiger partial charge in [-0.3, -0.25) is 0 Å². The van der Waals surface area contributed by atoms with Crippen LogP contribution in [0.5, 0.6) is 0 Å². The molecular weight excluding hydrogens is 140 g/mol. The summed E-state index contributed by atoms with van der Waals surface area (Å²) in [5.41, 5.74) is 0. The highest BCUT2D eigenvalue weighted by Crippen LogP contribution is 2.08. The van der Waals surface area contributed by atoms with Crippen molar-refractivity contribution in [2.45, 2.75) is 0 Å². The molecule has 0 aliphatic carbocycles. The predicted molar refractivity (Wildman–Crippen MR) is 24.4 cm³/mol. The van der Waals surface area contributed by atoms with Crippen LogP contribution in [0.3, 0.4) is 0 Å². The van der Waals surface area contributed by atoms with E-state index in [0.717, 1.165) is 0 Å². The van der Waals surface area contributed by atoms with Crippen molar-refractivity contribution in [2.75, 3.05) is 14.2 Å². The van der Waals surface area contributed by atoms with Crippen LogP contribution in [0, 0.1) is 0 Å². The van der Waals surface area contributed by atoms with Crippen molar-refractivity contribution < 1.29 is 22.3 Å². The number of ether oxygens (including phenoxy) is 1. The van der Waals surface area contributed by atoms with Gasteiger partial charge in [0.15, 0.2) is 0 Å². The van der Waals surface area contributed by atoms with Crippen LogP contribution in [0.25, 0.3) is 0 Å². The highest BCUT2D eigenvalue weighted by Gasteiger charge is 1.98. The summed E-state index contributed by atoms with van der Waals surface area (Å²) < 4.78 is 45.4. The summed E-state index contributed by atoms with van der Waals surface area (Å²) >= 11 is 0. The molecule has 0 bridgehead atoms. The summed E-state index contributed by atoms with van der Waals surface area (Å²) in [5, 5.41) is 0. The minimum Gasteiger partial charge on any atom is -0.388 e. The zero-order valence-corrected chi connectivity index (χ0v) is 4.92. The van der Waals surface area contributed by atoms with Gasteiger partial charge in [0.1, 0.15) is 0 Å². The Hall–Kier alpha value is -0.580. The Balaban J connectivity index is 0. The van der Waals surface area contributed by atoms with E-state index >= 15 is 0 Å². The maximum atomic E-state index is 10.3. The number of hydrogen-bond acceptors (Lipinski definition) is 1. The minimum absolute atomic E-state index is 1.62. The Bertz CT molecular complexity index is 72.6. The Morgan fingerprint density at radius 2 is 1.00 bits per heavy atom. The van der Waals surface area contributed by atoms with Gasteiger partial charge in [0.2, 0.25) is 0 Å². The lowest BCUT2D eigenvalue weighted by Crippen LogP contribution is -1.56. The topological polar surface area (TPSA) is 9.23 Å². The van der Waals surface area contributed by atoms with Crippen LogP contribution in [0.2, 0.25) is 0 Å². The molecule has 0 heterocycles. The van der Waals surface area contributed by atoms with Crippen LogP contribution in [-0.2, 0) is 4.74 Å². The molecule has 0 radical (unpaired) electrons. The third-order valence-electron chi connectivity index (χ3n) is 0.143. The van der Waals surface area contributed by atoms with Gasteiger partial charge in [-0.25, -0.2) is 0 Å². The van der Waals surface area contributed by atoms with Crippen molar-refractivity contribution >= 4 is 0 Å². The molecule has 0 spiro atoms. The maximum absolute atomic E-state index is 10.3. The lowest BCUT2D eigenvalue weighted by molar-refractivity contribution is 0.277. The SMILES string of the molecule is COC.FC(F)=C(F)F. The molecule has 0 rings (SSSR count). The highest BCUT2D eigenvalue weighted by molar-refractivity contribution is 4.77. The standard InChI is InChI=1S/C2F4.C2H6O/c3-1(4)2(5)6;1-3-2/h;1-2H3. The zero-order valence-electron chi connectivity index (χ0n) is 4.92. The van der Waals surface area contributed by atoms with Gasteiger partial charge in [-0.05, 0) is 0 Å². The minimum atomic E-state index is -2.91. The molecule has 0 aromatic rings. The lowest BCUT2D eigenvalue weighted by Gasteiger charge is -1.69. The van der Waals surface area contributed by atoms with Gasteiger partial charge in [0.05, 0.1) is 0 Å². The molecule has 0 aliphatic heterocycles. The fraction of sp³-hybridized carbons (Fsp3) is 0.500. The van der Waals surface area contributed by atoms with Crippen molar-refractivity contribution in [3.05, 3.63) is 12.2 Å². The van der Waals surface area contributed by atoms with Gasteiger partial charge >= 0.3 is 12.2 Å². The molecule has 0 aliphatic rings. The summed E-state index contributed by atoms with van der Waals surface area (Å²) in [7, 11) is 3.25. The molecule has 5 heteroatoms. The van der Waals surface area contributed by atoms with Crippen LogP contribution in [0.4, 0.5) is 17.6 Å². The Kier molecular flexibility index (Phi) is 9.27. The fourth-order valence-electron chi connectivity index (χ4n) is 0. The molecule has 0 amide bonds. The second-order valence-corrected chi connectivity index (χ2v) is 0.929. The smallest absolute Gasteiger partial charge is 0.334 e. The normalized spacial score (nSPS) is 7.33. The van der Waals surface area contributed by atoms with Crippen LogP contribution in [0.15, 0.2) is 12.2 Å². The van der Waals surface area contributed by atoms with Gasteiger partial charge < -0.3 is 4.74 Å². The second kappa shape index (κ2) is 7.42. The monoisotopic (exact) mass is 146 g/mol. The van der Waals surface area contributed by atoms with E-state index in [1.54, 1.807) is 14.2 Å². The lowest BCUT2D eigenvalue weighted by atomic mass is 11.1. The Morgan fingerprint density at radius 1 is 0.889 bits per heavy atom. The number of rotatable bonds is 0. The number of halogens is 4. The van der Waals surface area contributed by atoms with Crippen molar-refractivity contribution in [1.82, 2.24) is 0 Å². The average molecular weight is 146 g/mol. The van der Waals surface area contributed by atoms with Crippen molar-refractivity contribution in [1.29, 1.82) is 0 Å². The maximum Gasteiger partial charge on any atom is 0.334 e. The Labute approximate surface area is 49.9 Å². The van der Waals surface area contributed by atoms with E-state index in [4.69, 9.17) is 0 Å². The summed E-state index contributed by atoms with van der Waals surface area (Å²) in [6.07, 6.45) is -5.81. The average Bonchev–Trinajstić information content (AvgIpc) is 1.68. The summed E-state index contributed by atoms with van der Waals surface area (Å²) in [6, 6.07) is 0. The first-order chi connectivity index (χ1) is 4.06. The van der Waals surface area contributed by atoms with E-state index in [1.165, 1.54) is 0 Å². The van der Waals surface area contributed by atoms with E-state index in [0.29, 0.717) is 0 Å². The van der Waals surface area contributed by atoms with Crippen molar-refractivity contribution in [3.63, 3.8) is 0 Å². The van der Waals surface area contributed by atoms with E-state index in [9.17, 15) is 17.6 Å². The van der Waals surface area contributed by atoms with Gasteiger partial charge in [-0.15, -0.1) is 0 Å². The molecule has 0 atom stereocenters. The first-order valence-corrected chi connectivity index (χ1v) is 1.82. The van der Waals surface area contributed by atoms with Crippen LogP contribution in [-0.4, -0.2) is 14.2 Å². The molecular formula is C4H6F4O. The van der Waals surface area contributed by atoms with E-state index < -0.39 is 12.2 Å². The molecule has 0 saturated heterocycles. The van der Waals surface area contributed by atoms with Gasteiger partial charge in [0, 0.05) is 14.2 Å². The number of methoxy groups -OCH3 is 1. The predicted octanol–water partition coefficient (Wildman–Crippen LogP) is 2.25. The molecule has 0 aromatic carbocycles. The molecule has 0 unspecified atom stereocenters. The first-order valence-electron chi connectivity index (χ1n) is 1.82. The summed E-state index contributed by atoms with van der Waals surface area (Å²) in [6.45, 7) is 0. The molecule has 0 N–H and O–H groups in total. The zero-order chi connectivity index (χ0) is 7.86. The first kappa shape index (κ1) is 11.2. The summed E-state index contributed by atoms with van der Waals surface area (Å²) in [5.74, 6) is 0. The fourth-order valence-corrected chi connectivity index (χ4v) is 0. The Morgan fingerprint density at radius 3 is 1.00 bits per heavy atom. The van der Waals surface area contributed by atoms with E-state index in [1.807, 2.05) is 0 Å². The number of hydrogen-bond donors (Lipinski definition) is 0. The molecule has 9 heavy (non-hydrogen) atoms. The van der Waals surface area contributed by atoms with Gasteiger partial charge in [0.25, 0.3) is 0 Å². The summed E-state index contributed by atoms with van der Waals surface area (Å²) in [4.78, 5) is 0. The molecule has 56 valence electrons. The second-order valence-electron chi connectivity index (χ2n) is 0.929. The molecule has 0 fully saturated rings. The van der Waals surface area contributed by atoms with Gasteiger partial charge in [-0.1, -0.05) is 0 Å². The van der Waals surface area contributed by atoms with Crippen molar-refractivity contribution in [3.8, 4) is 0 Å². The third-order valence-corrected chi connectivity index (χ3v) is 0.143. The third kappa shape index (κ3) is 18.6. The van der Waals surface area contributed by atoms with Crippen LogP contribution >= 0.6 is 0 Å². The molecule has 0 aromatic heterocycles. The van der Waals surface area contributed by atoms with E-state index in [-0.39, 0.29) is 0 Å². The largest absolute Gasteiger partial charge is 0.388 e.